The number of nitrogens with one attached hydrogen (secondary N) is 1. The van der Waals surface area contributed by atoms with E-state index in [2.05, 4.69) is 10.3 Å². The van der Waals surface area contributed by atoms with E-state index < -0.39 is 11.7 Å². The minimum absolute atomic E-state index is 0.302. The van der Waals surface area contributed by atoms with E-state index in [1.54, 1.807) is 0 Å². The van der Waals surface area contributed by atoms with E-state index >= 15 is 0 Å². The summed E-state index contributed by atoms with van der Waals surface area (Å²) >= 11 is 0. The van der Waals surface area contributed by atoms with Crippen LogP contribution < -0.4 is 10.2 Å². The van der Waals surface area contributed by atoms with Gasteiger partial charge in [-0.1, -0.05) is 6.92 Å². The molecule has 0 aromatic carbocycles. The van der Waals surface area contributed by atoms with Crippen LogP contribution in [0.1, 0.15) is 38.7 Å². The summed E-state index contributed by atoms with van der Waals surface area (Å²) in [5.41, 5.74) is -0.639. The van der Waals surface area contributed by atoms with Crippen molar-refractivity contribution in [2.75, 3.05) is 29.9 Å². The number of hydrogen-bond donors (Lipinski definition) is 1. The van der Waals surface area contributed by atoms with Gasteiger partial charge in [0.25, 0.3) is 0 Å². The van der Waals surface area contributed by atoms with Crippen LogP contribution in [0.4, 0.5) is 24.8 Å². The van der Waals surface area contributed by atoms with Crippen LogP contribution in [-0.2, 0) is 6.18 Å². The van der Waals surface area contributed by atoms with Crippen LogP contribution in [0.2, 0.25) is 0 Å². The second kappa shape index (κ2) is 6.54. The van der Waals surface area contributed by atoms with E-state index in [0.717, 1.165) is 37.9 Å². The molecule has 0 spiro atoms. The lowest BCUT2D eigenvalue weighted by Crippen LogP contribution is -2.27. The van der Waals surface area contributed by atoms with E-state index in [4.69, 9.17) is 0 Å². The molecule has 0 atom stereocenters. The van der Waals surface area contributed by atoms with E-state index in [9.17, 15) is 13.2 Å². The Kier molecular flexibility index (Phi) is 4.96. The van der Waals surface area contributed by atoms with Gasteiger partial charge in [0.2, 0.25) is 0 Å². The minimum Gasteiger partial charge on any atom is -0.370 e. The minimum atomic E-state index is -4.35. The van der Waals surface area contributed by atoms with E-state index in [1.807, 2.05) is 18.7 Å². The van der Waals surface area contributed by atoms with Crippen LogP contribution in [0.25, 0.3) is 0 Å². The second-order valence-corrected chi connectivity index (χ2v) is 5.51. The zero-order valence-electron chi connectivity index (χ0n) is 12.5. The standard InChI is InChI=1S/C15H22F3N3/c1-3-7-19-13-8-12(15(16,17)18)9-14(20-13)21(4-2)10-11-5-6-11/h8-9,11H,3-7,10H2,1-2H3,(H,19,20). The highest BCUT2D eigenvalue weighted by Crippen LogP contribution is 2.35. The van der Waals surface area contributed by atoms with Gasteiger partial charge in [-0.2, -0.15) is 13.2 Å². The molecule has 1 aromatic heterocycles. The Hall–Kier alpha value is -1.46. The van der Waals surface area contributed by atoms with Gasteiger partial charge in [-0.25, -0.2) is 4.98 Å². The van der Waals surface area contributed by atoms with Gasteiger partial charge in [-0.15, -0.1) is 0 Å². The van der Waals surface area contributed by atoms with Crippen molar-refractivity contribution in [2.45, 2.75) is 39.3 Å². The first-order valence-corrected chi connectivity index (χ1v) is 7.52. The third-order valence-corrected chi connectivity index (χ3v) is 3.58. The number of anilines is 2. The average Bonchev–Trinajstić information content (AvgIpc) is 3.25. The van der Waals surface area contributed by atoms with E-state index in [0.29, 0.717) is 30.6 Å². The fraction of sp³-hybridized carbons (Fsp3) is 0.667. The molecular weight excluding hydrogens is 279 g/mol. The summed E-state index contributed by atoms with van der Waals surface area (Å²) in [4.78, 5) is 6.29. The largest absolute Gasteiger partial charge is 0.416 e. The lowest BCUT2D eigenvalue weighted by molar-refractivity contribution is -0.137. The Morgan fingerprint density at radius 3 is 2.52 bits per heavy atom. The highest BCUT2D eigenvalue weighted by molar-refractivity contribution is 5.51. The van der Waals surface area contributed by atoms with Gasteiger partial charge in [0.05, 0.1) is 5.56 Å². The molecule has 1 heterocycles. The molecule has 0 bridgehead atoms. The van der Waals surface area contributed by atoms with Gasteiger partial charge in [0.1, 0.15) is 11.6 Å². The zero-order chi connectivity index (χ0) is 15.5. The molecule has 118 valence electrons. The predicted molar refractivity (Wildman–Crippen MR) is 78.6 cm³/mol. The zero-order valence-corrected chi connectivity index (χ0v) is 12.5. The van der Waals surface area contributed by atoms with Crippen molar-refractivity contribution < 1.29 is 13.2 Å². The molecule has 0 amide bonds. The first kappa shape index (κ1) is 15.9. The number of aromatic nitrogens is 1. The predicted octanol–water partition coefficient (Wildman–Crippen LogP) is 4.16. The Morgan fingerprint density at radius 2 is 2.00 bits per heavy atom. The molecule has 0 saturated heterocycles. The molecule has 3 nitrogen and oxygen atoms in total. The molecule has 6 heteroatoms. The third kappa shape index (κ3) is 4.51. The molecule has 2 rings (SSSR count). The molecule has 0 unspecified atom stereocenters. The molecule has 1 aliphatic carbocycles. The summed E-state index contributed by atoms with van der Waals surface area (Å²) in [6, 6.07) is 2.24. The lowest BCUT2D eigenvalue weighted by Gasteiger charge is -2.23. The highest BCUT2D eigenvalue weighted by Gasteiger charge is 2.32. The van der Waals surface area contributed by atoms with Crippen molar-refractivity contribution >= 4 is 11.6 Å². The number of pyridine rings is 1. The summed E-state index contributed by atoms with van der Waals surface area (Å²) in [7, 11) is 0. The van der Waals surface area contributed by atoms with Crippen LogP contribution >= 0.6 is 0 Å². The van der Waals surface area contributed by atoms with E-state index in [1.165, 1.54) is 0 Å². The topological polar surface area (TPSA) is 28.2 Å². The van der Waals surface area contributed by atoms with Crippen LogP contribution in [0, 0.1) is 5.92 Å². The summed E-state index contributed by atoms with van der Waals surface area (Å²) in [5, 5.41) is 2.96. The van der Waals surface area contributed by atoms with Crippen LogP contribution in [0.5, 0.6) is 0 Å². The molecule has 1 fully saturated rings. The highest BCUT2D eigenvalue weighted by atomic mass is 19.4. The van der Waals surface area contributed by atoms with E-state index in [-0.39, 0.29) is 0 Å². The molecule has 1 aliphatic rings. The fourth-order valence-corrected chi connectivity index (χ4v) is 2.18. The maximum absolute atomic E-state index is 13.0. The first-order chi connectivity index (χ1) is 9.94. The van der Waals surface area contributed by atoms with Crippen molar-refractivity contribution in [3.05, 3.63) is 17.7 Å². The first-order valence-electron chi connectivity index (χ1n) is 7.52. The molecule has 1 aromatic rings. The Labute approximate surface area is 123 Å². The van der Waals surface area contributed by atoms with Crippen molar-refractivity contribution in [2.24, 2.45) is 5.92 Å². The Bertz CT molecular complexity index is 470. The van der Waals surface area contributed by atoms with Gasteiger partial charge in [-0.3, -0.25) is 0 Å². The molecule has 21 heavy (non-hydrogen) atoms. The smallest absolute Gasteiger partial charge is 0.370 e. The number of nitrogens with zero attached hydrogens (tertiary/aromatic N) is 2. The molecule has 1 saturated carbocycles. The Morgan fingerprint density at radius 1 is 1.29 bits per heavy atom. The number of hydrogen-bond acceptors (Lipinski definition) is 3. The fourth-order valence-electron chi connectivity index (χ4n) is 2.18. The third-order valence-electron chi connectivity index (χ3n) is 3.58. The van der Waals surface area contributed by atoms with Crippen LogP contribution in [0.3, 0.4) is 0 Å². The van der Waals surface area contributed by atoms with Gasteiger partial charge in [-0.05, 0) is 44.2 Å². The normalized spacial score (nSPS) is 15.1. The summed E-state index contributed by atoms with van der Waals surface area (Å²) in [6.45, 7) is 5.98. The van der Waals surface area contributed by atoms with Crippen molar-refractivity contribution in [3.8, 4) is 0 Å². The number of alkyl halides is 3. The summed E-state index contributed by atoms with van der Waals surface area (Å²) < 4.78 is 39.1. The Balaban J connectivity index is 2.28. The molecule has 0 aliphatic heterocycles. The lowest BCUT2D eigenvalue weighted by atomic mass is 10.2. The van der Waals surface area contributed by atoms with Crippen molar-refractivity contribution in [1.29, 1.82) is 0 Å². The molecular formula is C15H22F3N3. The van der Waals surface area contributed by atoms with Crippen LogP contribution in [-0.4, -0.2) is 24.6 Å². The van der Waals surface area contributed by atoms with Gasteiger partial charge in [0.15, 0.2) is 0 Å². The van der Waals surface area contributed by atoms with Gasteiger partial charge < -0.3 is 10.2 Å². The van der Waals surface area contributed by atoms with Crippen molar-refractivity contribution in [3.63, 3.8) is 0 Å². The molecule has 0 radical (unpaired) electrons. The maximum Gasteiger partial charge on any atom is 0.416 e. The molecule has 1 N–H and O–H groups in total. The van der Waals surface area contributed by atoms with Gasteiger partial charge >= 0.3 is 6.18 Å². The number of rotatable bonds is 7. The monoisotopic (exact) mass is 301 g/mol. The SMILES string of the molecule is CCCNc1cc(C(F)(F)F)cc(N(CC)CC2CC2)n1. The quantitative estimate of drug-likeness (QED) is 0.819. The maximum atomic E-state index is 13.0. The van der Waals surface area contributed by atoms with Crippen molar-refractivity contribution in [1.82, 2.24) is 4.98 Å². The van der Waals surface area contributed by atoms with Crippen LogP contribution in [0.15, 0.2) is 12.1 Å². The second-order valence-electron chi connectivity index (χ2n) is 5.51. The summed E-state index contributed by atoms with van der Waals surface area (Å²) in [5.74, 6) is 1.32. The van der Waals surface area contributed by atoms with Gasteiger partial charge in [0, 0.05) is 19.6 Å². The average molecular weight is 301 g/mol. The summed E-state index contributed by atoms with van der Waals surface area (Å²) in [6.07, 6.45) is -1.18. The number of halogens is 3.